The molecule has 0 heterocycles. The molecule has 0 amide bonds. The van der Waals surface area contributed by atoms with Crippen LogP contribution in [0.4, 0.5) is 0 Å². The fraction of sp³-hybridized carbons (Fsp3) is 0.900. The SMILES string of the molecule is CC(C)(C)OC(=O)COCC1CC1. The van der Waals surface area contributed by atoms with Gasteiger partial charge >= 0.3 is 5.97 Å². The number of carbonyl (C=O) groups excluding carboxylic acids is 1. The van der Waals surface area contributed by atoms with Crippen LogP contribution < -0.4 is 0 Å². The molecule has 0 spiro atoms. The molecule has 13 heavy (non-hydrogen) atoms. The Hall–Kier alpha value is -0.570. The summed E-state index contributed by atoms with van der Waals surface area (Å²) in [6, 6.07) is 0. The summed E-state index contributed by atoms with van der Waals surface area (Å²) >= 11 is 0. The normalized spacial score (nSPS) is 17.2. The Morgan fingerprint density at radius 1 is 1.38 bits per heavy atom. The van der Waals surface area contributed by atoms with Gasteiger partial charge in [0.1, 0.15) is 12.2 Å². The number of hydrogen-bond acceptors (Lipinski definition) is 3. The van der Waals surface area contributed by atoms with Crippen LogP contribution in [0.2, 0.25) is 0 Å². The third-order valence-corrected chi connectivity index (χ3v) is 1.69. The molecule has 1 rings (SSSR count). The molecule has 0 radical (unpaired) electrons. The zero-order valence-corrected chi connectivity index (χ0v) is 8.63. The van der Waals surface area contributed by atoms with Gasteiger partial charge in [-0.2, -0.15) is 0 Å². The van der Waals surface area contributed by atoms with Crippen molar-refractivity contribution in [2.45, 2.75) is 39.2 Å². The number of carbonyl (C=O) groups is 1. The van der Waals surface area contributed by atoms with Gasteiger partial charge < -0.3 is 9.47 Å². The van der Waals surface area contributed by atoms with E-state index >= 15 is 0 Å². The standard InChI is InChI=1S/C10H18O3/c1-10(2,3)13-9(11)7-12-6-8-4-5-8/h8H,4-7H2,1-3H3. The van der Waals surface area contributed by atoms with E-state index in [1.165, 1.54) is 12.8 Å². The van der Waals surface area contributed by atoms with Crippen LogP contribution in [0, 0.1) is 5.92 Å². The first kappa shape index (κ1) is 10.5. The van der Waals surface area contributed by atoms with E-state index in [0.29, 0.717) is 12.5 Å². The minimum atomic E-state index is -0.403. The highest BCUT2D eigenvalue weighted by molar-refractivity contribution is 5.71. The molecule has 1 aliphatic rings. The highest BCUT2D eigenvalue weighted by Crippen LogP contribution is 2.28. The molecule has 0 N–H and O–H groups in total. The Balaban J connectivity index is 2.02. The molecule has 0 aliphatic heterocycles. The Morgan fingerprint density at radius 2 is 2.00 bits per heavy atom. The Bertz CT molecular complexity index is 177. The van der Waals surface area contributed by atoms with E-state index in [-0.39, 0.29) is 12.6 Å². The van der Waals surface area contributed by atoms with Gasteiger partial charge in [0.2, 0.25) is 0 Å². The molecule has 0 aromatic carbocycles. The molecular weight excluding hydrogens is 168 g/mol. The number of rotatable bonds is 4. The molecule has 1 fully saturated rings. The van der Waals surface area contributed by atoms with Gasteiger partial charge in [0.05, 0.1) is 6.61 Å². The van der Waals surface area contributed by atoms with Gasteiger partial charge in [0, 0.05) is 0 Å². The van der Waals surface area contributed by atoms with Crippen LogP contribution in [0.15, 0.2) is 0 Å². The first-order chi connectivity index (χ1) is 5.97. The fourth-order valence-corrected chi connectivity index (χ4v) is 0.964. The van der Waals surface area contributed by atoms with E-state index in [1.54, 1.807) is 0 Å². The molecule has 0 saturated heterocycles. The zero-order chi connectivity index (χ0) is 9.90. The molecule has 76 valence electrons. The molecule has 1 saturated carbocycles. The summed E-state index contributed by atoms with van der Waals surface area (Å²) in [6.45, 7) is 6.36. The second kappa shape index (κ2) is 4.09. The lowest BCUT2D eigenvalue weighted by molar-refractivity contribution is -0.160. The van der Waals surface area contributed by atoms with Crippen LogP contribution in [0.3, 0.4) is 0 Å². The zero-order valence-electron chi connectivity index (χ0n) is 8.63. The maximum absolute atomic E-state index is 11.1. The second-order valence-corrected chi connectivity index (χ2v) is 4.54. The van der Waals surface area contributed by atoms with Gasteiger partial charge in [-0.15, -0.1) is 0 Å². The van der Waals surface area contributed by atoms with E-state index in [2.05, 4.69) is 0 Å². The summed E-state index contributed by atoms with van der Waals surface area (Å²) < 4.78 is 10.3. The van der Waals surface area contributed by atoms with Crippen molar-refractivity contribution in [3.05, 3.63) is 0 Å². The van der Waals surface area contributed by atoms with Gasteiger partial charge in [-0.05, 0) is 39.5 Å². The van der Waals surface area contributed by atoms with Crippen molar-refractivity contribution in [1.29, 1.82) is 0 Å². The van der Waals surface area contributed by atoms with E-state index < -0.39 is 5.60 Å². The molecule has 0 aromatic rings. The number of ether oxygens (including phenoxy) is 2. The predicted octanol–water partition coefficient (Wildman–Crippen LogP) is 1.75. The summed E-state index contributed by atoms with van der Waals surface area (Å²) in [5.41, 5.74) is -0.403. The summed E-state index contributed by atoms with van der Waals surface area (Å²) in [7, 11) is 0. The molecule has 3 heteroatoms. The van der Waals surface area contributed by atoms with Crippen LogP contribution in [-0.2, 0) is 14.3 Å². The van der Waals surface area contributed by atoms with Gasteiger partial charge in [-0.25, -0.2) is 4.79 Å². The number of esters is 1. The van der Waals surface area contributed by atoms with Gasteiger partial charge in [0.15, 0.2) is 0 Å². The third-order valence-electron chi connectivity index (χ3n) is 1.69. The van der Waals surface area contributed by atoms with Crippen molar-refractivity contribution in [1.82, 2.24) is 0 Å². The summed E-state index contributed by atoms with van der Waals surface area (Å²) in [4.78, 5) is 11.1. The molecule has 0 aromatic heterocycles. The predicted molar refractivity (Wildman–Crippen MR) is 49.4 cm³/mol. The van der Waals surface area contributed by atoms with Crippen molar-refractivity contribution in [2.24, 2.45) is 5.92 Å². The monoisotopic (exact) mass is 186 g/mol. The van der Waals surface area contributed by atoms with Crippen LogP contribution >= 0.6 is 0 Å². The minimum Gasteiger partial charge on any atom is -0.458 e. The average molecular weight is 186 g/mol. The van der Waals surface area contributed by atoms with Crippen LogP contribution in [-0.4, -0.2) is 24.8 Å². The maximum atomic E-state index is 11.1. The first-order valence-corrected chi connectivity index (χ1v) is 4.77. The van der Waals surface area contributed by atoms with Gasteiger partial charge in [0.25, 0.3) is 0 Å². The molecular formula is C10H18O3. The quantitative estimate of drug-likeness (QED) is 0.627. The lowest BCUT2D eigenvalue weighted by atomic mass is 10.2. The second-order valence-electron chi connectivity index (χ2n) is 4.54. The lowest BCUT2D eigenvalue weighted by Gasteiger charge is -2.19. The smallest absolute Gasteiger partial charge is 0.332 e. The van der Waals surface area contributed by atoms with Gasteiger partial charge in [-0.3, -0.25) is 0 Å². The molecule has 0 atom stereocenters. The van der Waals surface area contributed by atoms with Crippen molar-refractivity contribution < 1.29 is 14.3 Å². The van der Waals surface area contributed by atoms with Gasteiger partial charge in [-0.1, -0.05) is 0 Å². The van der Waals surface area contributed by atoms with E-state index in [4.69, 9.17) is 9.47 Å². The summed E-state index contributed by atoms with van der Waals surface area (Å²) in [5.74, 6) is 0.426. The van der Waals surface area contributed by atoms with E-state index in [0.717, 1.165) is 0 Å². The summed E-state index contributed by atoms with van der Waals surface area (Å²) in [6.07, 6.45) is 2.49. The largest absolute Gasteiger partial charge is 0.458 e. The van der Waals surface area contributed by atoms with Crippen molar-refractivity contribution in [3.63, 3.8) is 0 Å². The van der Waals surface area contributed by atoms with E-state index in [9.17, 15) is 4.79 Å². The molecule has 0 unspecified atom stereocenters. The fourth-order valence-electron chi connectivity index (χ4n) is 0.964. The van der Waals surface area contributed by atoms with Crippen molar-refractivity contribution in [3.8, 4) is 0 Å². The van der Waals surface area contributed by atoms with Crippen LogP contribution in [0.1, 0.15) is 33.6 Å². The molecule has 3 nitrogen and oxygen atoms in total. The first-order valence-electron chi connectivity index (χ1n) is 4.77. The average Bonchev–Trinajstić information content (AvgIpc) is 2.66. The third kappa shape index (κ3) is 5.64. The van der Waals surface area contributed by atoms with Crippen LogP contribution in [0.5, 0.6) is 0 Å². The van der Waals surface area contributed by atoms with Crippen molar-refractivity contribution >= 4 is 5.97 Å². The molecule has 1 aliphatic carbocycles. The highest BCUT2D eigenvalue weighted by atomic mass is 16.6. The Labute approximate surface area is 79.4 Å². The van der Waals surface area contributed by atoms with Crippen molar-refractivity contribution in [2.75, 3.05) is 13.2 Å². The summed E-state index contributed by atoms with van der Waals surface area (Å²) in [5, 5.41) is 0. The highest BCUT2D eigenvalue weighted by Gasteiger charge is 2.22. The number of hydrogen-bond donors (Lipinski definition) is 0. The topological polar surface area (TPSA) is 35.5 Å². The van der Waals surface area contributed by atoms with E-state index in [1.807, 2.05) is 20.8 Å². The Morgan fingerprint density at radius 3 is 2.46 bits per heavy atom. The lowest BCUT2D eigenvalue weighted by Crippen LogP contribution is -2.26. The molecule has 0 bridgehead atoms. The Kier molecular flexibility index (Phi) is 3.31. The van der Waals surface area contributed by atoms with Crippen LogP contribution in [0.25, 0.3) is 0 Å². The minimum absolute atomic E-state index is 0.0910. The maximum Gasteiger partial charge on any atom is 0.332 e.